The highest BCUT2D eigenvalue weighted by atomic mass is 15.2. The zero-order chi connectivity index (χ0) is 42.1. The van der Waals surface area contributed by atoms with E-state index in [0.717, 1.165) is 73.3 Å². The molecule has 12 aromatic rings. The molecule has 0 saturated heterocycles. The zero-order valence-corrected chi connectivity index (χ0v) is 34.9. The van der Waals surface area contributed by atoms with E-state index in [1.54, 1.807) is 0 Å². The van der Waals surface area contributed by atoms with Gasteiger partial charge in [0.2, 0.25) is 0 Å². The fourth-order valence-electron chi connectivity index (χ4n) is 10.2. The van der Waals surface area contributed by atoms with Gasteiger partial charge < -0.3 is 18.9 Å². The van der Waals surface area contributed by atoms with Gasteiger partial charge in [0, 0.05) is 61.4 Å². The number of para-hydroxylation sites is 5. The highest BCUT2D eigenvalue weighted by Gasteiger charge is 2.24. The van der Waals surface area contributed by atoms with E-state index < -0.39 is 0 Å². The summed E-state index contributed by atoms with van der Waals surface area (Å²) in [4.78, 5) is 4.86. The predicted octanol–water partition coefficient (Wildman–Crippen LogP) is 16.5. The molecule has 0 unspecified atom stereocenters. The molecule has 0 atom stereocenters. The number of fused-ring (bicyclic) bond motifs is 16. The van der Waals surface area contributed by atoms with Crippen LogP contribution in [0.1, 0.15) is 0 Å². The van der Waals surface area contributed by atoms with Crippen LogP contribution in [-0.4, -0.2) is 9.13 Å². The molecule has 0 N–H and O–H groups in total. The fourth-order valence-corrected chi connectivity index (χ4v) is 10.2. The molecule has 4 nitrogen and oxygen atoms in total. The maximum atomic E-state index is 2.44. The van der Waals surface area contributed by atoms with Gasteiger partial charge in [0.15, 0.2) is 0 Å². The Morgan fingerprint density at radius 1 is 0.219 bits per heavy atom. The lowest BCUT2D eigenvalue weighted by Crippen LogP contribution is -2.12. The number of anilines is 6. The Morgan fingerprint density at radius 2 is 0.609 bits per heavy atom. The van der Waals surface area contributed by atoms with Crippen LogP contribution >= 0.6 is 0 Å². The van der Waals surface area contributed by atoms with Crippen molar-refractivity contribution in [3.05, 3.63) is 243 Å². The summed E-state index contributed by atoms with van der Waals surface area (Å²) in [5.41, 5.74) is 18.1. The minimum atomic E-state index is 1.08. The number of hydrogen-bond donors (Lipinski definition) is 0. The summed E-state index contributed by atoms with van der Waals surface area (Å²) in [6.45, 7) is 0. The molecule has 1 aliphatic heterocycles. The third-order valence-corrected chi connectivity index (χ3v) is 12.9. The maximum Gasteiger partial charge on any atom is 0.0782 e. The lowest BCUT2D eigenvalue weighted by atomic mass is 10.00. The average Bonchev–Trinajstić information content (AvgIpc) is 3.88. The van der Waals surface area contributed by atoms with E-state index in [9.17, 15) is 0 Å². The molecule has 0 saturated carbocycles. The van der Waals surface area contributed by atoms with E-state index >= 15 is 0 Å². The van der Waals surface area contributed by atoms with E-state index in [1.165, 1.54) is 38.1 Å². The lowest BCUT2D eigenvalue weighted by molar-refractivity contribution is 1.17. The third kappa shape index (κ3) is 5.70. The Labute approximate surface area is 371 Å². The van der Waals surface area contributed by atoms with Crippen LogP contribution in [0.5, 0.6) is 0 Å². The Bertz CT molecular complexity index is 3660. The Kier molecular flexibility index (Phi) is 8.18. The summed E-state index contributed by atoms with van der Waals surface area (Å²) >= 11 is 0. The summed E-state index contributed by atoms with van der Waals surface area (Å²) in [6.07, 6.45) is 0. The number of rotatable bonds is 4. The normalized spacial score (nSPS) is 12.3. The van der Waals surface area contributed by atoms with E-state index in [1.807, 2.05) is 0 Å². The second-order valence-electron chi connectivity index (χ2n) is 16.6. The fraction of sp³-hybridized carbons (Fsp3) is 0. The molecule has 8 bridgehead atoms. The van der Waals surface area contributed by atoms with E-state index in [0.29, 0.717) is 0 Å². The van der Waals surface area contributed by atoms with Gasteiger partial charge in [-0.05, 0) is 131 Å². The first-order chi connectivity index (χ1) is 31.7. The highest BCUT2D eigenvalue weighted by Crippen LogP contribution is 2.47. The summed E-state index contributed by atoms with van der Waals surface area (Å²) in [5.74, 6) is 0. The molecule has 300 valence electrons. The maximum absolute atomic E-state index is 2.44. The van der Waals surface area contributed by atoms with Crippen molar-refractivity contribution < 1.29 is 0 Å². The average molecular weight is 817 g/mol. The van der Waals surface area contributed by atoms with Crippen molar-refractivity contribution in [3.63, 3.8) is 0 Å². The van der Waals surface area contributed by atoms with Crippen LogP contribution in [0.15, 0.2) is 243 Å². The van der Waals surface area contributed by atoms with Crippen molar-refractivity contribution in [2.45, 2.75) is 0 Å². The van der Waals surface area contributed by atoms with Gasteiger partial charge in [-0.1, -0.05) is 133 Å². The second-order valence-corrected chi connectivity index (χ2v) is 16.6. The van der Waals surface area contributed by atoms with Gasteiger partial charge in [0.1, 0.15) is 0 Å². The van der Waals surface area contributed by atoms with Gasteiger partial charge in [-0.15, -0.1) is 0 Å². The molecule has 10 aromatic carbocycles. The Balaban J connectivity index is 1.04. The number of nitrogens with zero attached hydrogens (tertiary/aromatic N) is 4. The summed E-state index contributed by atoms with van der Waals surface area (Å²) in [7, 11) is 0. The van der Waals surface area contributed by atoms with Gasteiger partial charge in [-0.25, -0.2) is 0 Å². The van der Waals surface area contributed by atoms with Gasteiger partial charge in [0.05, 0.1) is 27.8 Å². The minimum Gasteiger partial charge on any atom is -0.310 e. The molecule has 0 aliphatic carbocycles. The van der Waals surface area contributed by atoms with E-state index in [2.05, 4.69) is 262 Å². The van der Waals surface area contributed by atoms with E-state index in [4.69, 9.17) is 0 Å². The minimum absolute atomic E-state index is 1.08. The van der Waals surface area contributed by atoms with Crippen LogP contribution in [0.2, 0.25) is 0 Å². The summed E-state index contributed by atoms with van der Waals surface area (Å²) in [5, 5.41) is 4.88. The van der Waals surface area contributed by atoms with Gasteiger partial charge in [0.25, 0.3) is 0 Å². The first-order valence-electron chi connectivity index (χ1n) is 21.9. The third-order valence-electron chi connectivity index (χ3n) is 12.9. The molecule has 4 heteroatoms. The molecule has 13 rings (SSSR count). The number of hydrogen-bond acceptors (Lipinski definition) is 2. The molecule has 3 heterocycles. The standard InChI is InChI=1S/C60H40N4/c1-3-20-45(21-4-1)63-56-31-9-8-29-53(56)55-40-51(34-35-58(55)63)61-47-24-11-16-41(36-47)43-18-13-26-49(38-43)62(50-27-14-19-44(39-50)42-17-12-25-48(61)37-42)59-33-15-30-54-52-28-7-10-32-57(52)64(60(54)59)46-22-5-2-6-23-46/h1-40H. The largest absolute Gasteiger partial charge is 0.310 e. The van der Waals surface area contributed by atoms with Gasteiger partial charge in [-0.2, -0.15) is 0 Å². The van der Waals surface area contributed by atoms with Gasteiger partial charge in [-0.3, -0.25) is 0 Å². The van der Waals surface area contributed by atoms with Crippen LogP contribution in [0, 0.1) is 0 Å². The summed E-state index contributed by atoms with van der Waals surface area (Å²) in [6, 6.07) is 88.7. The molecule has 0 amide bonds. The quantitative estimate of drug-likeness (QED) is 0.176. The molecular formula is C60H40N4. The van der Waals surface area contributed by atoms with Gasteiger partial charge >= 0.3 is 0 Å². The Morgan fingerprint density at radius 3 is 1.17 bits per heavy atom. The van der Waals surface area contributed by atoms with Crippen LogP contribution in [0.25, 0.3) is 77.2 Å². The SMILES string of the molecule is c1ccc(-n2c3ccccc3c3cc(N4c5cccc(c5)-c5cccc(c5)N(c5cccc6c7ccccc7n(-c7ccccc7)c56)c5cccc(c5)-c5cccc4c5)ccc32)cc1. The van der Waals surface area contributed by atoms with Crippen molar-refractivity contribution in [2.24, 2.45) is 0 Å². The monoisotopic (exact) mass is 816 g/mol. The topological polar surface area (TPSA) is 16.3 Å². The predicted molar refractivity (Wildman–Crippen MR) is 269 cm³/mol. The van der Waals surface area contributed by atoms with Crippen molar-refractivity contribution in [1.82, 2.24) is 9.13 Å². The van der Waals surface area contributed by atoms with Crippen molar-refractivity contribution in [1.29, 1.82) is 0 Å². The zero-order valence-electron chi connectivity index (χ0n) is 34.9. The van der Waals surface area contributed by atoms with Crippen molar-refractivity contribution in [2.75, 3.05) is 9.80 Å². The molecular weight excluding hydrogens is 777 g/mol. The van der Waals surface area contributed by atoms with Crippen molar-refractivity contribution in [3.8, 4) is 33.6 Å². The molecule has 0 spiro atoms. The van der Waals surface area contributed by atoms with Crippen LogP contribution in [0.3, 0.4) is 0 Å². The van der Waals surface area contributed by atoms with Crippen LogP contribution in [-0.2, 0) is 0 Å². The highest BCUT2D eigenvalue weighted by molar-refractivity contribution is 6.15. The number of aromatic nitrogens is 2. The Hall–Kier alpha value is -8.60. The smallest absolute Gasteiger partial charge is 0.0782 e. The second kappa shape index (κ2) is 14.5. The van der Waals surface area contributed by atoms with Crippen molar-refractivity contribution >= 4 is 77.7 Å². The molecule has 64 heavy (non-hydrogen) atoms. The first kappa shape index (κ1) is 36.1. The molecule has 0 fully saturated rings. The molecule has 1 aliphatic rings. The lowest BCUT2D eigenvalue weighted by Gasteiger charge is -2.29. The molecule has 0 radical (unpaired) electrons. The van der Waals surface area contributed by atoms with E-state index in [-0.39, 0.29) is 0 Å². The van der Waals surface area contributed by atoms with Crippen LogP contribution in [0.4, 0.5) is 34.1 Å². The van der Waals surface area contributed by atoms with Crippen LogP contribution < -0.4 is 9.80 Å². The number of benzene rings is 10. The summed E-state index contributed by atoms with van der Waals surface area (Å²) < 4.78 is 4.81. The molecule has 2 aromatic heterocycles. The first-order valence-corrected chi connectivity index (χ1v) is 21.9.